The molecule has 2 nitrogen and oxygen atoms in total. The molecule has 1 aliphatic carbocycles. The lowest BCUT2D eigenvalue weighted by Gasteiger charge is -2.36. The Hall–Kier alpha value is -0.340. The first kappa shape index (κ1) is 13.6. The van der Waals surface area contributed by atoms with Crippen LogP contribution in [0.5, 0.6) is 0 Å². The fourth-order valence-corrected chi connectivity index (χ4v) is 4.58. The van der Waals surface area contributed by atoms with Crippen LogP contribution in [0.25, 0.3) is 0 Å². The van der Waals surface area contributed by atoms with Gasteiger partial charge >= 0.3 is 0 Å². The minimum atomic E-state index is 0.789. The molecule has 3 rings (SSSR count). The molecule has 108 valence electrons. The van der Waals surface area contributed by atoms with E-state index in [4.69, 9.17) is 0 Å². The van der Waals surface area contributed by atoms with Gasteiger partial charge in [0.05, 0.1) is 0 Å². The highest BCUT2D eigenvalue weighted by molar-refractivity contribution is 5.06. The molecule has 2 fully saturated rings. The number of rotatable bonds is 3. The molecule has 0 aromatic carbocycles. The largest absolute Gasteiger partial charge is 0.314 e. The van der Waals surface area contributed by atoms with Gasteiger partial charge in [-0.2, -0.15) is 0 Å². The minimum Gasteiger partial charge on any atom is -0.314 e. The van der Waals surface area contributed by atoms with Gasteiger partial charge in [0.15, 0.2) is 0 Å². The van der Waals surface area contributed by atoms with Crippen LogP contribution in [0.2, 0.25) is 0 Å². The number of piperidine rings is 1. The van der Waals surface area contributed by atoms with Crippen molar-refractivity contribution in [3.8, 4) is 0 Å². The van der Waals surface area contributed by atoms with E-state index in [2.05, 4.69) is 30.1 Å². The molecule has 0 aromatic rings. The Labute approximate surface area is 118 Å². The van der Waals surface area contributed by atoms with Gasteiger partial charge in [-0.1, -0.05) is 18.6 Å². The summed E-state index contributed by atoms with van der Waals surface area (Å²) in [5.41, 5.74) is 1.61. The molecule has 2 heteroatoms. The van der Waals surface area contributed by atoms with Crippen LogP contribution in [0.3, 0.4) is 0 Å². The summed E-state index contributed by atoms with van der Waals surface area (Å²) in [5.74, 6) is 1.67. The zero-order chi connectivity index (χ0) is 13.2. The van der Waals surface area contributed by atoms with Crippen molar-refractivity contribution < 1.29 is 0 Å². The predicted molar refractivity (Wildman–Crippen MR) is 81.3 cm³/mol. The van der Waals surface area contributed by atoms with Crippen molar-refractivity contribution in [2.45, 2.75) is 64.5 Å². The Balaban J connectivity index is 1.44. The van der Waals surface area contributed by atoms with Crippen molar-refractivity contribution in [3.63, 3.8) is 0 Å². The van der Waals surface area contributed by atoms with Gasteiger partial charge in [-0.3, -0.25) is 0 Å². The first-order chi connectivity index (χ1) is 9.20. The maximum absolute atomic E-state index is 3.89. The third-order valence-corrected chi connectivity index (χ3v) is 5.40. The molecule has 1 N–H and O–H groups in total. The molecule has 4 atom stereocenters. The lowest BCUT2D eigenvalue weighted by Crippen LogP contribution is -2.46. The van der Waals surface area contributed by atoms with Gasteiger partial charge in [-0.25, -0.2) is 0 Å². The van der Waals surface area contributed by atoms with E-state index in [1.165, 1.54) is 58.2 Å². The second-order valence-corrected chi connectivity index (χ2v) is 7.26. The smallest absolute Gasteiger partial charge is 0.0111 e. The topological polar surface area (TPSA) is 15.3 Å². The first-order valence-corrected chi connectivity index (χ1v) is 8.35. The third-order valence-electron chi connectivity index (χ3n) is 5.40. The number of nitrogens with one attached hydrogen (secondary N) is 1. The molecule has 3 aliphatic rings. The quantitative estimate of drug-likeness (QED) is 0.786. The summed E-state index contributed by atoms with van der Waals surface area (Å²) < 4.78 is 0. The van der Waals surface area contributed by atoms with E-state index < -0.39 is 0 Å². The molecule has 2 aliphatic heterocycles. The standard InChI is InChI=1S/C17H30N2/c1-13-8-14(2)10-15(9-13)12-18-16-5-7-19-6-3-4-17(19)11-16/h8,13,15-18H,3-7,9-12H2,1-2H3. The van der Waals surface area contributed by atoms with E-state index in [0.29, 0.717) is 0 Å². The lowest BCUT2D eigenvalue weighted by molar-refractivity contribution is 0.163. The highest BCUT2D eigenvalue weighted by Crippen LogP contribution is 2.29. The van der Waals surface area contributed by atoms with Crippen LogP contribution in [0.1, 0.15) is 52.4 Å². The Morgan fingerprint density at radius 2 is 2.16 bits per heavy atom. The van der Waals surface area contributed by atoms with Gasteiger partial charge in [0.2, 0.25) is 0 Å². The average Bonchev–Trinajstić information content (AvgIpc) is 2.82. The van der Waals surface area contributed by atoms with Gasteiger partial charge in [-0.15, -0.1) is 0 Å². The highest BCUT2D eigenvalue weighted by atomic mass is 15.2. The van der Waals surface area contributed by atoms with Crippen LogP contribution in [0.15, 0.2) is 11.6 Å². The number of hydrogen-bond acceptors (Lipinski definition) is 2. The zero-order valence-electron chi connectivity index (χ0n) is 12.7. The van der Waals surface area contributed by atoms with Crippen molar-refractivity contribution in [2.75, 3.05) is 19.6 Å². The normalized spacial score (nSPS) is 40.0. The number of nitrogens with zero attached hydrogens (tertiary/aromatic N) is 1. The predicted octanol–water partition coefficient (Wildman–Crippen LogP) is 3.20. The van der Waals surface area contributed by atoms with Crippen LogP contribution in [0, 0.1) is 11.8 Å². The Morgan fingerprint density at radius 1 is 1.26 bits per heavy atom. The second kappa shape index (κ2) is 5.97. The number of hydrogen-bond donors (Lipinski definition) is 1. The minimum absolute atomic E-state index is 0.789. The summed E-state index contributed by atoms with van der Waals surface area (Å²) in [6.45, 7) is 8.61. The third kappa shape index (κ3) is 3.41. The summed E-state index contributed by atoms with van der Waals surface area (Å²) in [4.78, 5) is 2.72. The summed E-state index contributed by atoms with van der Waals surface area (Å²) in [6, 6.07) is 1.69. The molecule has 0 radical (unpaired) electrons. The van der Waals surface area contributed by atoms with E-state index in [1.807, 2.05) is 0 Å². The molecular weight excluding hydrogens is 232 g/mol. The Bertz CT molecular complexity index is 336. The fraction of sp³-hybridized carbons (Fsp3) is 0.882. The van der Waals surface area contributed by atoms with E-state index >= 15 is 0 Å². The van der Waals surface area contributed by atoms with Crippen LogP contribution < -0.4 is 5.32 Å². The summed E-state index contributed by atoms with van der Waals surface area (Å²) in [6.07, 6.45) is 10.8. The fourth-order valence-electron chi connectivity index (χ4n) is 4.58. The second-order valence-electron chi connectivity index (χ2n) is 7.26. The van der Waals surface area contributed by atoms with Crippen molar-refractivity contribution in [1.82, 2.24) is 10.2 Å². The van der Waals surface area contributed by atoms with Crippen LogP contribution >= 0.6 is 0 Å². The Kier molecular flexibility index (Phi) is 4.28. The monoisotopic (exact) mass is 262 g/mol. The maximum Gasteiger partial charge on any atom is 0.0111 e. The number of allylic oxidation sites excluding steroid dienone is 2. The molecule has 0 spiro atoms. The number of fused-ring (bicyclic) bond motifs is 1. The summed E-state index contributed by atoms with van der Waals surface area (Å²) in [5, 5.41) is 3.89. The molecule has 2 saturated heterocycles. The summed E-state index contributed by atoms with van der Waals surface area (Å²) in [7, 11) is 0. The van der Waals surface area contributed by atoms with Crippen LogP contribution in [-0.2, 0) is 0 Å². The van der Waals surface area contributed by atoms with Gasteiger partial charge in [0.1, 0.15) is 0 Å². The first-order valence-electron chi connectivity index (χ1n) is 8.35. The van der Waals surface area contributed by atoms with Gasteiger partial charge in [0.25, 0.3) is 0 Å². The van der Waals surface area contributed by atoms with E-state index in [0.717, 1.165) is 23.9 Å². The maximum atomic E-state index is 3.89. The van der Waals surface area contributed by atoms with Gasteiger partial charge < -0.3 is 10.2 Å². The van der Waals surface area contributed by atoms with Crippen molar-refractivity contribution in [1.29, 1.82) is 0 Å². The molecule has 0 aromatic heterocycles. The van der Waals surface area contributed by atoms with Gasteiger partial charge in [-0.05, 0) is 76.9 Å². The molecule has 2 heterocycles. The van der Waals surface area contributed by atoms with E-state index in [9.17, 15) is 0 Å². The van der Waals surface area contributed by atoms with E-state index in [-0.39, 0.29) is 0 Å². The lowest BCUT2D eigenvalue weighted by atomic mass is 9.83. The van der Waals surface area contributed by atoms with Crippen LogP contribution in [0.4, 0.5) is 0 Å². The van der Waals surface area contributed by atoms with Gasteiger partial charge in [0, 0.05) is 12.1 Å². The Morgan fingerprint density at radius 3 is 3.00 bits per heavy atom. The molecular formula is C17H30N2. The average molecular weight is 262 g/mol. The van der Waals surface area contributed by atoms with E-state index in [1.54, 1.807) is 5.57 Å². The molecule has 4 unspecified atom stereocenters. The molecule has 0 saturated carbocycles. The van der Waals surface area contributed by atoms with Crippen molar-refractivity contribution >= 4 is 0 Å². The molecule has 0 bridgehead atoms. The van der Waals surface area contributed by atoms with Crippen molar-refractivity contribution in [3.05, 3.63) is 11.6 Å². The molecule has 19 heavy (non-hydrogen) atoms. The molecule has 0 amide bonds. The highest BCUT2D eigenvalue weighted by Gasteiger charge is 2.31. The van der Waals surface area contributed by atoms with Crippen molar-refractivity contribution in [2.24, 2.45) is 11.8 Å². The zero-order valence-corrected chi connectivity index (χ0v) is 12.7. The SMILES string of the molecule is CC1=CC(C)CC(CNC2CCN3CCCC3C2)C1. The van der Waals surface area contributed by atoms with Crippen LogP contribution in [-0.4, -0.2) is 36.6 Å². The summed E-state index contributed by atoms with van der Waals surface area (Å²) >= 11 is 0.